The molecule has 0 bridgehead atoms. The van der Waals surface area contributed by atoms with Crippen molar-refractivity contribution in [2.45, 2.75) is 63.6 Å². The lowest BCUT2D eigenvalue weighted by Crippen LogP contribution is -2.63. The number of anilines is 3. The van der Waals surface area contributed by atoms with E-state index in [1.54, 1.807) is 12.1 Å². The minimum Gasteiger partial charge on any atom is -0.371 e. The molecule has 13 nitrogen and oxygen atoms in total. The molecule has 0 radical (unpaired) electrons. The Balaban J connectivity index is 0.744. The number of nitriles is 1. The maximum absolute atomic E-state index is 13.6. The predicted molar refractivity (Wildman–Crippen MR) is 219 cm³/mol. The van der Waals surface area contributed by atoms with Crippen LogP contribution in [0.15, 0.2) is 60.7 Å². The number of hydrogen-bond donors (Lipinski definition) is 1. The van der Waals surface area contributed by atoms with Gasteiger partial charge in [-0.25, -0.2) is 0 Å². The fraction of sp³-hybridized carbons (Fsp3) is 0.455. The van der Waals surface area contributed by atoms with Crippen LogP contribution < -0.4 is 20.0 Å². The van der Waals surface area contributed by atoms with Crippen LogP contribution in [0.25, 0.3) is 0 Å². The van der Waals surface area contributed by atoms with Crippen molar-refractivity contribution < 1.29 is 24.0 Å². The van der Waals surface area contributed by atoms with Crippen molar-refractivity contribution in [2.75, 3.05) is 73.6 Å². The Bertz CT molecular complexity index is 2220. The number of rotatable bonds is 7. The smallest absolute Gasteiger partial charge is 0.262 e. The van der Waals surface area contributed by atoms with Crippen molar-refractivity contribution >= 4 is 58.2 Å². The summed E-state index contributed by atoms with van der Waals surface area (Å²) < 4.78 is 0. The van der Waals surface area contributed by atoms with E-state index in [9.17, 15) is 29.2 Å². The first kappa shape index (κ1) is 38.1. The zero-order valence-corrected chi connectivity index (χ0v) is 33.4. The number of fused-ring (bicyclic) bond motifs is 1. The van der Waals surface area contributed by atoms with E-state index >= 15 is 0 Å². The number of carbonyl (C=O) groups is 5. The minimum absolute atomic E-state index is 0.0577. The van der Waals surface area contributed by atoms with Gasteiger partial charge >= 0.3 is 0 Å². The summed E-state index contributed by atoms with van der Waals surface area (Å²) in [5, 5.41) is 12.1. The molecule has 58 heavy (non-hydrogen) atoms. The SMILES string of the molecule is CCC1CC2(CCN(c3ccc(C(=O)N4CCN(C5CN(c6ccc7c(c6)C(=O)N(C6CCC(=O)NC6=O)C7=O)C5)CC4)cc3)CC2)CN1c1ccc(C#N)c(Cl)c1. The lowest BCUT2D eigenvalue weighted by atomic mass is 9.76. The summed E-state index contributed by atoms with van der Waals surface area (Å²) >= 11 is 6.42. The number of halogens is 1. The molecular formula is C44H47ClN8O5. The quantitative estimate of drug-likeness (QED) is 0.339. The molecule has 1 N–H and O–H groups in total. The zero-order chi connectivity index (χ0) is 40.3. The zero-order valence-electron chi connectivity index (χ0n) is 32.7. The topological polar surface area (TPSA) is 141 Å². The summed E-state index contributed by atoms with van der Waals surface area (Å²) in [6.07, 6.45) is 4.64. The van der Waals surface area contributed by atoms with Crippen LogP contribution in [0.5, 0.6) is 0 Å². The fourth-order valence-corrected chi connectivity index (χ4v) is 10.3. The average molecular weight is 803 g/mol. The van der Waals surface area contributed by atoms with Crippen LogP contribution in [-0.4, -0.2) is 121 Å². The first-order valence-corrected chi connectivity index (χ1v) is 20.9. The van der Waals surface area contributed by atoms with Crippen LogP contribution in [0.3, 0.4) is 0 Å². The standard InChI is InChI=1S/C44H47ClN8O5/c1-2-30-23-44(27-52(30)33-8-5-29(24-46)37(45)22-33)13-15-48(16-14-44)31-6-3-28(4-7-31)41(56)50-19-17-49(18-20-50)34-25-51(26-34)32-9-10-35-36(21-32)43(58)53(42(35)57)38-11-12-39(54)47-40(38)55/h3-10,21-22,30,34,38H,2,11-20,23,25-27H2,1H3,(H,47,54,55). The molecule has 2 atom stereocenters. The number of imide groups is 2. The second kappa shape index (κ2) is 15.1. The van der Waals surface area contributed by atoms with Gasteiger partial charge in [-0.3, -0.25) is 39.1 Å². The number of piperazine rings is 1. The molecule has 0 aromatic heterocycles. The molecule has 5 amide bonds. The Kier molecular flexibility index (Phi) is 9.88. The van der Waals surface area contributed by atoms with Crippen LogP contribution in [0, 0.1) is 16.7 Å². The third-order valence-electron chi connectivity index (χ3n) is 13.6. The van der Waals surface area contributed by atoms with Crippen LogP contribution in [0.1, 0.15) is 82.1 Å². The summed E-state index contributed by atoms with van der Waals surface area (Å²) in [4.78, 5) is 76.5. The van der Waals surface area contributed by atoms with Gasteiger partial charge in [-0.1, -0.05) is 18.5 Å². The van der Waals surface area contributed by atoms with Crippen molar-refractivity contribution in [3.05, 3.63) is 87.9 Å². The Hall–Kier alpha value is -5.45. The Morgan fingerprint density at radius 1 is 0.845 bits per heavy atom. The largest absolute Gasteiger partial charge is 0.371 e. The molecule has 0 saturated carbocycles. The first-order valence-electron chi connectivity index (χ1n) is 20.5. The van der Waals surface area contributed by atoms with E-state index in [0.29, 0.717) is 41.3 Å². The van der Waals surface area contributed by atoms with Crippen molar-refractivity contribution in [1.82, 2.24) is 20.0 Å². The molecule has 3 aromatic rings. The molecule has 6 heterocycles. The van der Waals surface area contributed by atoms with Crippen LogP contribution in [0.2, 0.25) is 5.02 Å². The first-order chi connectivity index (χ1) is 28.0. The third kappa shape index (κ3) is 6.75. The van der Waals surface area contributed by atoms with Crippen LogP contribution >= 0.6 is 11.6 Å². The molecular weight excluding hydrogens is 756 g/mol. The van der Waals surface area contributed by atoms with Crippen LogP contribution in [0.4, 0.5) is 17.1 Å². The highest BCUT2D eigenvalue weighted by molar-refractivity contribution is 6.32. The Morgan fingerprint density at radius 2 is 1.53 bits per heavy atom. The summed E-state index contributed by atoms with van der Waals surface area (Å²) in [7, 11) is 0. The van der Waals surface area contributed by atoms with Gasteiger partial charge in [0.2, 0.25) is 11.8 Å². The number of hydrogen-bond acceptors (Lipinski definition) is 10. The molecule has 5 saturated heterocycles. The summed E-state index contributed by atoms with van der Waals surface area (Å²) in [6, 6.07) is 21.1. The van der Waals surface area contributed by atoms with E-state index < -0.39 is 29.7 Å². The molecule has 300 valence electrons. The van der Waals surface area contributed by atoms with Crippen molar-refractivity contribution in [3.63, 3.8) is 0 Å². The molecule has 6 aliphatic heterocycles. The van der Waals surface area contributed by atoms with Crippen molar-refractivity contribution in [3.8, 4) is 6.07 Å². The molecule has 2 unspecified atom stereocenters. The van der Waals surface area contributed by atoms with E-state index in [-0.39, 0.29) is 35.3 Å². The predicted octanol–water partition coefficient (Wildman–Crippen LogP) is 4.53. The molecule has 14 heteroatoms. The average Bonchev–Trinajstić information content (AvgIpc) is 3.70. The van der Waals surface area contributed by atoms with Gasteiger partial charge < -0.3 is 19.6 Å². The molecule has 6 aliphatic rings. The molecule has 5 fully saturated rings. The number of carbonyl (C=O) groups excluding carboxylic acids is 5. The summed E-state index contributed by atoms with van der Waals surface area (Å²) in [5.74, 6) is -1.96. The van der Waals surface area contributed by atoms with Gasteiger partial charge in [0.05, 0.1) is 21.7 Å². The Labute approximate surface area is 343 Å². The highest BCUT2D eigenvalue weighted by Crippen LogP contribution is 2.47. The highest BCUT2D eigenvalue weighted by atomic mass is 35.5. The second-order valence-corrected chi connectivity index (χ2v) is 17.2. The maximum Gasteiger partial charge on any atom is 0.262 e. The number of nitrogens with one attached hydrogen (secondary N) is 1. The van der Waals surface area contributed by atoms with Gasteiger partial charge in [0, 0.05) is 100 Å². The van der Waals surface area contributed by atoms with E-state index in [1.165, 1.54) is 0 Å². The summed E-state index contributed by atoms with van der Waals surface area (Å²) in [6.45, 7) is 9.61. The Morgan fingerprint density at radius 3 is 2.21 bits per heavy atom. The fourth-order valence-electron chi connectivity index (χ4n) is 10.0. The maximum atomic E-state index is 13.6. The van der Waals surface area contributed by atoms with Crippen LogP contribution in [-0.2, 0) is 9.59 Å². The van der Waals surface area contributed by atoms with Gasteiger partial charge in [-0.15, -0.1) is 0 Å². The monoisotopic (exact) mass is 802 g/mol. The second-order valence-electron chi connectivity index (χ2n) is 16.8. The third-order valence-corrected chi connectivity index (χ3v) is 13.9. The number of nitrogens with zero attached hydrogens (tertiary/aromatic N) is 7. The summed E-state index contributed by atoms with van der Waals surface area (Å²) in [5.41, 5.74) is 5.13. The van der Waals surface area contributed by atoms with Gasteiger partial charge in [0.1, 0.15) is 12.1 Å². The number of benzene rings is 3. The highest BCUT2D eigenvalue weighted by Gasteiger charge is 2.47. The van der Waals surface area contributed by atoms with E-state index in [2.05, 4.69) is 50.0 Å². The number of piperidine rings is 2. The lowest BCUT2D eigenvalue weighted by Gasteiger charge is -2.49. The van der Waals surface area contributed by atoms with E-state index in [1.807, 2.05) is 41.3 Å². The van der Waals surface area contributed by atoms with Crippen molar-refractivity contribution in [1.29, 1.82) is 5.26 Å². The normalized spacial score (nSPS) is 23.6. The van der Waals surface area contributed by atoms with E-state index in [0.717, 1.165) is 93.5 Å². The lowest BCUT2D eigenvalue weighted by molar-refractivity contribution is -0.136. The van der Waals surface area contributed by atoms with Crippen molar-refractivity contribution in [2.24, 2.45) is 5.41 Å². The van der Waals surface area contributed by atoms with E-state index in [4.69, 9.17) is 11.6 Å². The molecule has 0 aliphatic carbocycles. The minimum atomic E-state index is -0.983. The van der Waals surface area contributed by atoms with Gasteiger partial charge in [-0.2, -0.15) is 5.26 Å². The molecule has 9 rings (SSSR count). The van der Waals surface area contributed by atoms with Gasteiger partial charge in [0.25, 0.3) is 17.7 Å². The van der Waals surface area contributed by atoms with Gasteiger partial charge in [-0.05, 0) is 98.2 Å². The number of amides is 5. The van der Waals surface area contributed by atoms with Gasteiger partial charge in [0.15, 0.2) is 0 Å². The molecule has 3 aromatic carbocycles. The molecule has 1 spiro atoms.